The Hall–Kier alpha value is -0.870. The van der Waals surface area contributed by atoms with E-state index < -0.39 is 5.97 Å². The van der Waals surface area contributed by atoms with Crippen LogP contribution in [-0.4, -0.2) is 17.1 Å². The summed E-state index contributed by atoms with van der Waals surface area (Å²) in [6.07, 6.45) is 1.66. The number of thiophene rings is 1. The monoisotopic (exact) mass is 197 g/mol. The molecular weight excluding hydrogens is 186 g/mol. The fraction of sp³-hybridized carbons (Fsp3) is 0.444. The van der Waals surface area contributed by atoms with Crippen LogP contribution in [0.1, 0.15) is 23.8 Å². The predicted molar refractivity (Wildman–Crippen MR) is 50.9 cm³/mol. The molecule has 1 saturated heterocycles. The van der Waals surface area contributed by atoms with Gasteiger partial charge in [-0.3, -0.25) is 10.1 Å². The number of hydrogen-bond donors (Lipinski definition) is 2. The normalized spacial score (nSPS) is 27.7. The highest BCUT2D eigenvalue weighted by molar-refractivity contribution is 7.10. The summed E-state index contributed by atoms with van der Waals surface area (Å²) in [4.78, 5) is 11.9. The van der Waals surface area contributed by atoms with Gasteiger partial charge in [0.05, 0.1) is 0 Å². The van der Waals surface area contributed by atoms with Gasteiger partial charge in [0.15, 0.2) is 0 Å². The number of carbonyl (C=O) groups is 1. The summed E-state index contributed by atoms with van der Waals surface area (Å²) in [6, 6.07) is 3.94. The third-order valence-electron chi connectivity index (χ3n) is 2.33. The third kappa shape index (κ3) is 1.73. The minimum atomic E-state index is -0.737. The zero-order chi connectivity index (χ0) is 9.26. The minimum absolute atomic E-state index is 0.251. The molecule has 13 heavy (non-hydrogen) atoms. The van der Waals surface area contributed by atoms with Crippen molar-refractivity contribution < 1.29 is 9.90 Å². The first kappa shape index (κ1) is 8.72. The van der Waals surface area contributed by atoms with Crippen molar-refractivity contribution in [3.63, 3.8) is 0 Å². The largest absolute Gasteiger partial charge is 0.480 e. The van der Waals surface area contributed by atoms with Gasteiger partial charge in [0.1, 0.15) is 6.04 Å². The second-order valence-corrected chi connectivity index (χ2v) is 4.18. The molecule has 1 aromatic heterocycles. The molecule has 2 heterocycles. The van der Waals surface area contributed by atoms with E-state index in [0.29, 0.717) is 0 Å². The van der Waals surface area contributed by atoms with E-state index in [2.05, 4.69) is 5.32 Å². The molecule has 0 unspecified atom stereocenters. The van der Waals surface area contributed by atoms with Crippen LogP contribution in [0, 0.1) is 0 Å². The lowest BCUT2D eigenvalue weighted by molar-refractivity contribution is -0.139. The molecule has 0 bridgehead atoms. The van der Waals surface area contributed by atoms with Gasteiger partial charge in [-0.2, -0.15) is 0 Å². The summed E-state index contributed by atoms with van der Waals surface area (Å²) in [7, 11) is 0. The quantitative estimate of drug-likeness (QED) is 0.757. The van der Waals surface area contributed by atoms with E-state index in [9.17, 15) is 4.79 Å². The molecule has 0 spiro atoms. The predicted octanol–water partition coefficient (Wildman–Crippen LogP) is 1.63. The molecule has 2 atom stereocenters. The van der Waals surface area contributed by atoms with Crippen LogP contribution in [-0.2, 0) is 4.79 Å². The summed E-state index contributed by atoms with van der Waals surface area (Å²) in [5.41, 5.74) is 0. The van der Waals surface area contributed by atoms with Crippen molar-refractivity contribution in [3.05, 3.63) is 22.4 Å². The second kappa shape index (κ2) is 3.47. The van der Waals surface area contributed by atoms with E-state index in [1.807, 2.05) is 17.5 Å². The lowest BCUT2D eigenvalue weighted by Crippen LogP contribution is -2.31. The van der Waals surface area contributed by atoms with E-state index in [-0.39, 0.29) is 12.1 Å². The summed E-state index contributed by atoms with van der Waals surface area (Å²) >= 11 is 1.68. The number of hydrogen-bond acceptors (Lipinski definition) is 3. The summed E-state index contributed by atoms with van der Waals surface area (Å²) in [6.45, 7) is 0. The van der Waals surface area contributed by atoms with Gasteiger partial charge in [0.25, 0.3) is 0 Å². The molecule has 0 saturated carbocycles. The van der Waals surface area contributed by atoms with Crippen LogP contribution >= 0.6 is 11.3 Å². The molecule has 0 aromatic carbocycles. The molecule has 1 aliphatic rings. The first-order chi connectivity index (χ1) is 6.27. The van der Waals surface area contributed by atoms with Gasteiger partial charge in [0, 0.05) is 10.9 Å². The molecule has 2 N–H and O–H groups in total. The maximum absolute atomic E-state index is 10.7. The second-order valence-electron chi connectivity index (χ2n) is 3.20. The lowest BCUT2D eigenvalue weighted by Gasteiger charge is -2.08. The van der Waals surface area contributed by atoms with Gasteiger partial charge in [-0.15, -0.1) is 11.3 Å². The smallest absolute Gasteiger partial charge is 0.320 e. The Bertz CT molecular complexity index is 297. The SMILES string of the molecule is O=C(O)[C@@H]1CC[C@@H](c2cccs2)N1. The average Bonchev–Trinajstić information content (AvgIpc) is 2.75. The Balaban J connectivity index is 2.03. The molecule has 1 aromatic rings. The molecule has 4 heteroatoms. The molecule has 0 aliphatic carbocycles. The van der Waals surface area contributed by atoms with E-state index >= 15 is 0 Å². The highest BCUT2D eigenvalue weighted by Gasteiger charge is 2.29. The molecule has 1 aliphatic heterocycles. The number of rotatable bonds is 2. The van der Waals surface area contributed by atoms with Crippen molar-refractivity contribution in [2.45, 2.75) is 24.9 Å². The summed E-state index contributed by atoms with van der Waals surface area (Å²) < 4.78 is 0. The number of nitrogens with one attached hydrogen (secondary N) is 1. The Labute approximate surface area is 80.4 Å². The molecular formula is C9H11NO2S. The topological polar surface area (TPSA) is 49.3 Å². The molecule has 0 radical (unpaired) electrons. The highest BCUT2D eigenvalue weighted by Crippen LogP contribution is 2.29. The number of aliphatic carboxylic acids is 1. The molecule has 2 rings (SSSR count). The Morgan fingerprint density at radius 1 is 1.62 bits per heavy atom. The number of carboxylic acids is 1. The van der Waals surface area contributed by atoms with Gasteiger partial charge in [-0.25, -0.2) is 0 Å². The fourth-order valence-electron chi connectivity index (χ4n) is 1.65. The van der Waals surface area contributed by atoms with Crippen molar-refractivity contribution in [2.75, 3.05) is 0 Å². The van der Waals surface area contributed by atoms with Crippen LogP contribution in [0.25, 0.3) is 0 Å². The lowest BCUT2D eigenvalue weighted by atomic mass is 10.2. The standard InChI is InChI=1S/C9H11NO2S/c11-9(12)7-4-3-6(10-7)8-2-1-5-13-8/h1-2,5-7,10H,3-4H2,(H,11,12)/t6-,7-/m0/s1. The summed E-state index contributed by atoms with van der Waals surface area (Å²) in [5.74, 6) is -0.737. The van der Waals surface area contributed by atoms with Crippen LogP contribution in [0.4, 0.5) is 0 Å². The van der Waals surface area contributed by atoms with E-state index in [0.717, 1.165) is 12.8 Å². The third-order valence-corrected chi connectivity index (χ3v) is 3.32. The van der Waals surface area contributed by atoms with Crippen LogP contribution < -0.4 is 5.32 Å². The van der Waals surface area contributed by atoms with Gasteiger partial charge in [-0.1, -0.05) is 6.07 Å². The average molecular weight is 197 g/mol. The zero-order valence-electron chi connectivity index (χ0n) is 7.06. The Morgan fingerprint density at radius 3 is 3.00 bits per heavy atom. The highest BCUT2D eigenvalue weighted by atomic mass is 32.1. The number of carboxylic acid groups (broad SMARTS) is 1. The van der Waals surface area contributed by atoms with Crippen molar-refractivity contribution in [1.82, 2.24) is 5.32 Å². The first-order valence-corrected chi connectivity index (χ1v) is 5.17. The van der Waals surface area contributed by atoms with Gasteiger partial charge >= 0.3 is 5.97 Å². The van der Waals surface area contributed by atoms with E-state index in [4.69, 9.17) is 5.11 Å². The van der Waals surface area contributed by atoms with Gasteiger partial charge in [0.2, 0.25) is 0 Å². The fourth-order valence-corrected chi connectivity index (χ4v) is 2.47. The van der Waals surface area contributed by atoms with Crippen LogP contribution in [0.5, 0.6) is 0 Å². The van der Waals surface area contributed by atoms with Crippen LogP contribution in [0.2, 0.25) is 0 Å². The first-order valence-electron chi connectivity index (χ1n) is 4.29. The molecule has 1 fully saturated rings. The van der Waals surface area contributed by atoms with Crippen molar-refractivity contribution >= 4 is 17.3 Å². The van der Waals surface area contributed by atoms with E-state index in [1.54, 1.807) is 11.3 Å². The van der Waals surface area contributed by atoms with E-state index in [1.165, 1.54) is 4.88 Å². The maximum Gasteiger partial charge on any atom is 0.320 e. The summed E-state index contributed by atoms with van der Waals surface area (Å²) in [5, 5.41) is 13.9. The van der Waals surface area contributed by atoms with Crippen LogP contribution in [0.3, 0.4) is 0 Å². The maximum atomic E-state index is 10.7. The minimum Gasteiger partial charge on any atom is -0.480 e. The molecule has 0 amide bonds. The zero-order valence-corrected chi connectivity index (χ0v) is 7.88. The van der Waals surface area contributed by atoms with Crippen molar-refractivity contribution in [1.29, 1.82) is 0 Å². The van der Waals surface area contributed by atoms with Crippen molar-refractivity contribution in [2.24, 2.45) is 0 Å². The van der Waals surface area contributed by atoms with Gasteiger partial charge < -0.3 is 5.11 Å². The van der Waals surface area contributed by atoms with Gasteiger partial charge in [-0.05, 0) is 24.3 Å². The van der Waals surface area contributed by atoms with Crippen molar-refractivity contribution in [3.8, 4) is 0 Å². The molecule has 70 valence electrons. The Kier molecular flexibility index (Phi) is 2.33. The molecule has 3 nitrogen and oxygen atoms in total. The Morgan fingerprint density at radius 2 is 2.46 bits per heavy atom. The van der Waals surface area contributed by atoms with Crippen LogP contribution in [0.15, 0.2) is 17.5 Å².